The van der Waals surface area contributed by atoms with Gasteiger partial charge in [-0.15, -0.1) is 0 Å². The van der Waals surface area contributed by atoms with Gasteiger partial charge in [-0.05, 0) is 38.9 Å². The van der Waals surface area contributed by atoms with E-state index in [9.17, 15) is 5.11 Å². The van der Waals surface area contributed by atoms with Crippen LogP contribution in [0.15, 0.2) is 212 Å². The molecular weight excluding hydrogens is 909 g/mol. The minimum absolute atomic E-state index is 0.0999. The van der Waals surface area contributed by atoms with Crippen LogP contribution in [0.25, 0.3) is 0 Å². The Labute approximate surface area is 423 Å². The van der Waals surface area contributed by atoms with Crippen LogP contribution in [0.5, 0.6) is 0 Å². The maximum atomic E-state index is 12.3. The number of rotatable bonds is 25. The Morgan fingerprint density at radius 3 is 0.889 bits per heavy atom. The minimum Gasteiger partial charge on any atom is -0.374 e. The Bertz CT molecular complexity index is 2550. The van der Waals surface area contributed by atoms with E-state index in [0.717, 1.165) is 38.9 Å². The summed E-state index contributed by atoms with van der Waals surface area (Å²) in [7, 11) is 0. The molecule has 11 nitrogen and oxygen atoms in total. The van der Waals surface area contributed by atoms with Crippen molar-refractivity contribution in [3.63, 3.8) is 0 Å². The quantitative estimate of drug-likeness (QED) is 0.0591. The van der Waals surface area contributed by atoms with Crippen LogP contribution in [0.4, 0.5) is 0 Å². The van der Waals surface area contributed by atoms with E-state index in [1.54, 1.807) is 0 Å². The number of hydrogen-bond acceptors (Lipinski definition) is 11. The predicted molar refractivity (Wildman–Crippen MR) is 272 cm³/mol. The standard InChI is InChI=1S/C61H64O11/c62-60-58(56(67-40-49-30-16-5-17-31-49)54(65-38-47-26-12-3-13-27-47)52(70-60)43-63-36-45-22-8-1-9-23-45)72-61-59(69-42-51-34-20-7-21-35-51)57(68-41-50-32-18-6-19-33-50)55(66-39-48-28-14-4-15-29-48)53(71-61)44-64-37-46-24-10-2-11-25-46/h1-35,52-62H,36-44H2/t52?,53?,54-,55-,56+,57+,58?,59?,60+,61-/m0/s1. The van der Waals surface area contributed by atoms with Gasteiger partial charge in [-0.1, -0.05) is 212 Å². The van der Waals surface area contributed by atoms with Gasteiger partial charge in [0, 0.05) is 0 Å². The first-order chi connectivity index (χ1) is 35.6. The van der Waals surface area contributed by atoms with Gasteiger partial charge < -0.3 is 52.5 Å². The van der Waals surface area contributed by atoms with E-state index in [0.29, 0.717) is 13.2 Å². The minimum atomic E-state index is -1.52. The van der Waals surface area contributed by atoms with Gasteiger partial charge in [-0.25, -0.2) is 0 Å². The van der Waals surface area contributed by atoms with Crippen LogP contribution in [0.3, 0.4) is 0 Å². The monoisotopic (exact) mass is 972 g/mol. The average molecular weight is 973 g/mol. The Balaban J connectivity index is 1.07. The highest BCUT2D eigenvalue weighted by Crippen LogP contribution is 2.36. The summed E-state index contributed by atoms with van der Waals surface area (Å²) >= 11 is 0. The lowest BCUT2D eigenvalue weighted by molar-refractivity contribution is -0.379. The average Bonchev–Trinajstić information content (AvgIpc) is 3.43. The fourth-order valence-electron chi connectivity index (χ4n) is 8.98. The summed E-state index contributed by atoms with van der Waals surface area (Å²) in [6.07, 6.45) is -9.48. The maximum absolute atomic E-state index is 12.3. The van der Waals surface area contributed by atoms with Crippen molar-refractivity contribution in [1.82, 2.24) is 0 Å². The zero-order valence-corrected chi connectivity index (χ0v) is 40.4. The van der Waals surface area contributed by atoms with Gasteiger partial charge in [-0.2, -0.15) is 0 Å². The SMILES string of the molecule is O[C@@H]1OC(COCc2ccccc2)[C@H](OCc2ccccc2)[C@@H](OCc2ccccc2)C1O[C@@H]1OC(COCc2ccccc2)[C@H](OCc2ccccc2)[C@@H](OCc2ccccc2)C1OCc1ccccc1. The van der Waals surface area contributed by atoms with Gasteiger partial charge in [-0.3, -0.25) is 0 Å². The molecule has 10 atom stereocenters. The lowest BCUT2D eigenvalue weighted by Gasteiger charge is -2.49. The number of aliphatic hydroxyl groups excluding tert-OH is 1. The lowest BCUT2D eigenvalue weighted by atomic mass is 9.96. The van der Waals surface area contributed by atoms with E-state index in [1.165, 1.54) is 0 Å². The van der Waals surface area contributed by atoms with Crippen LogP contribution < -0.4 is 0 Å². The lowest BCUT2D eigenvalue weighted by Crippen LogP contribution is -2.66. The van der Waals surface area contributed by atoms with E-state index in [2.05, 4.69) is 0 Å². The van der Waals surface area contributed by atoms with Crippen LogP contribution in [0, 0.1) is 0 Å². The van der Waals surface area contributed by atoms with Crippen LogP contribution in [0.2, 0.25) is 0 Å². The molecule has 7 aromatic rings. The summed E-state index contributed by atoms with van der Waals surface area (Å²) in [5.74, 6) is 0. The zero-order valence-electron chi connectivity index (χ0n) is 40.4. The molecule has 1 N–H and O–H groups in total. The molecule has 0 radical (unpaired) electrons. The highest BCUT2D eigenvalue weighted by atomic mass is 16.8. The molecule has 7 aromatic carbocycles. The molecule has 0 aromatic heterocycles. The first kappa shape index (κ1) is 51.0. The fourth-order valence-corrected chi connectivity index (χ4v) is 8.98. The Morgan fingerprint density at radius 1 is 0.292 bits per heavy atom. The third kappa shape index (κ3) is 14.8. The number of aliphatic hydroxyl groups is 1. The predicted octanol–water partition coefficient (Wildman–Crippen LogP) is 10.2. The Hall–Kier alpha value is -5.90. The molecular formula is C61H64O11. The third-order valence-electron chi connectivity index (χ3n) is 12.7. The second-order valence-corrected chi connectivity index (χ2v) is 18.0. The molecule has 2 saturated heterocycles. The Kier molecular flexibility index (Phi) is 19.3. The van der Waals surface area contributed by atoms with Crippen molar-refractivity contribution in [2.24, 2.45) is 0 Å². The van der Waals surface area contributed by atoms with Gasteiger partial charge in [0.05, 0.1) is 59.5 Å². The summed E-state index contributed by atoms with van der Waals surface area (Å²) in [6.45, 7) is 2.01. The summed E-state index contributed by atoms with van der Waals surface area (Å²) < 4.78 is 68.3. The number of hydrogen-bond donors (Lipinski definition) is 1. The van der Waals surface area contributed by atoms with Gasteiger partial charge in [0.1, 0.15) is 48.8 Å². The van der Waals surface area contributed by atoms with Crippen molar-refractivity contribution in [1.29, 1.82) is 0 Å². The molecule has 0 bridgehead atoms. The maximum Gasteiger partial charge on any atom is 0.187 e. The molecule has 72 heavy (non-hydrogen) atoms. The highest BCUT2D eigenvalue weighted by molar-refractivity contribution is 5.19. The van der Waals surface area contributed by atoms with E-state index in [1.807, 2.05) is 212 Å². The van der Waals surface area contributed by atoms with Gasteiger partial charge in [0.25, 0.3) is 0 Å². The van der Waals surface area contributed by atoms with Crippen molar-refractivity contribution in [2.45, 2.75) is 108 Å². The molecule has 0 amide bonds. The summed E-state index contributed by atoms with van der Waals surface area (Å²) in [4.78, 5) is 0. The molecule has 0 saturated carbocycles. The summed E-state index contributed by atoms with van der Waals surface area (Å²) in [5, 5.41) is 12.3. The first-order valence-corrected chi connectivity index (χ1v) is 24.8. The number of ether oxygens (including phenoxy) is 10. The molecule has 2 aliphatic rings. The van der Waals surface area contributed by atoms with Crippen LogP contribution >= 0.6 is 0 Å². The molecule has 2 aliphatic heterocycles. The van der Waals surface area contributed by atoms with E-state index >= 15 is 0 Å². The fraction of sp³-hybridized carbons (Fsp3) is 0.311. The van der Waals surface area contributed by atoms with E-state index in [-0.39, 0.29) is 46.2 Å². The summed E-state index contributed by atoms with van der Waals surface area (Å²) in [5.41, 5.74) is 6.77. The topological polar surface area (TPSA) is 113 Å². The summed E-state index contributed by atoms with van der Waals surface area (Å²) in [6, 6.07) is 69.6. The normalized spacial score (nSPS) is 24.2. The first-order valence-electron chi connectivity index (χ1n) is 24.8. The van der Waals surface area contributed by atoms with E-state index in [4.69, 9.17) is 47.4 Å². The molecule has 0 aliphatic carbocycles. The second-order valence-electron chi connectivity index (χ2n) is 18.0. The molecule has 2 fully saturated rings. The molecule has 4 unspecified atom stereocenters. The molecule has 2 heterocycles. The van der Waals surface area contributed by atoms with Gasteiger partial charge in [0.2, 0.25) is 0 Å². The number of benzene rings is 7. The van der Waals surface area contributed by atoms with Gasteiger partial charge in [0.15, 0.2) is 12.6 Å². The van der Waals surface area contributed by atoms with Crippen LogP contribution in [-0.4, -0.2) is 79.7 Å². The smallest absolute Gasteiger partial charge is 0.187 e. The van der Waals surface area contributed by atoms with Crippen LogP contribution in [-0.2, 0) is 93.6 Å². The highest BCUT2D eigenvalue weighted by Gasteiger charge is 2.54. The van der Waals surface area contributed by atoms with Gasteiger partial charge >= 0.3 is 0 Å². The largest absolute Gasteiger partial charge is 0.374 e. The molecule has 9 rings (SSSR count). The van der Waals surface area contributed by atoms with Crippen molar-refractivity contribution in [3.05, 3.63) is 251 Å². The molecule has 374 valence electrons. The van der Waals surface area contributed by atoms with Crippen molar-refractivity contribution >= 4 is 0 Å². The second kappa shape index (κ2) is 27.2. The van der Waals surface area contributed by atoms with Crippen molar-refractivity contribution < 1.29 is 52.5 Å². The Morgan fingerprint density at radius 2 is 0.556 bits per heavy atom. The molecule has 0 spiro atoms. The van der Waals surface area contributed by atoms with E-state index < -0.39 is 61.4 Å². The van der Waals surface area contributed by atoms with Crippen molar-refractivity contribution in [3.8, 4) is 0 Å². The van der Waals surface area contributed by atoms with Crippen LogP contribution in [0.1, 0.15) is 38.9 Å². The van der Waals surface area contributed by atoms with Crippen molar-refractivity contribution in [2.75, 3.05) is 13.2 Å². The zero-order chi connectivity index (χ0) is 49.0. The molecule has 11 heteroatoms. The third-order valence-corrected chi connectivity index (χ3v) is 12.7.